The smallest absolute Gasteiger partial charge is 0.219 e. The van der Waals surface area contributed by atoms with Gasteiger partial charge in [-0.3, -0.25) is 4.79 Å². The predicted molar refractivity (Wildman–Crippen MR) is 102 cm³/mol. The van der Waals surface area contributed by atoms with E-state index in [2.05, 4.69) is 33.4 Å². The number of rotatable bonds is 16. The number of nitrogens with zero attached hydrogens (tertiary/aromatic N) is 1. The molecule has 1 N–H and O–H groups in total. The molecule has 0 aliphatic carbocycles. The minimum Gasteiger partial charge on any atom is -1.00 e. The molecule has 0 bridgehead atoms. The second kappa shape index (κ2) is 18.0. The minimum atomic E-state index is 0. The van der Waals surface area contributed by atoms with Crippen molar-refractivity contribution in [3.05, 3.63) is 0 Å². The summed E-state index contributed by atoms with van der Waals surface area (Å²) in [6.07, 6.45) is 16.4. The van der Waals surface area contributed by atoms with Crippen LogP contribution in [0.25, 0.3) is 0 Å². The third-order valence-corrected chi connectivity index (χ3v) is 4.34. The molecule has 3 nitrogen and oxygen atoms in total. The highest BCUT2D eigenvalue weighted by Crippen LogP contribution is 2.11. The molecule has 0 spiro atoms. The van der Waals surface area contributed by atoms with Gasteiger partial charge >= 0.3 is 0 Å². The Hall–Kier alpha value is 0.160. The molecule has 0 unspecified atom stereocenters. The van der Waals surface area contributed by atoms with Gasteiger partial charge in [0.15, 0.2) is 0 Å². The summed E-state index contributed by atoms with van der Waals surface area (Å²) in [6, 6.07) is 0. The maximum absolute atomic E-state index is 11.7. The summed E-state index contributed by atoms with van der Waals surface area (Å²) < 4.78 is 0.967. The first-order valence-electron chi connectivity index (χ1n) is 10.0. The molecule has 1 amide bonds. The highest BCUT2D eigenvalue weighted by Gasteiger charge is 2.06. The van der Waals surface area contributed by atoms with Crippen LogP contribution in [0.1, 0.15) is 90.4 Å². The number of nitrogens with one attached hydrogen (secondary N) is 1. The van der Waals surface area contributed by atoms with Crippen LogP contribution in [-0.4, -0.2) is 44.6 Å². The van der Waals surface area contributed by atoms with Crippen molar-refractivity contribution in [2.75, 3.05) is 34.2 Å². The van der Waals surface area contributed by atoms with Crippen LogP contribution < -0.4 is 29.3 Å². The Morgan fingerprint density at radius 3 is 1.67 bits per heavy atom. The Kier molecular flexibility index (Phi) is 19.8. The standard InChI is InChI=1S/C20H42N2O.HI/c1-5-6-7-8-9-10-11-12-13-14-15-17-20(23)21-18-16-19-22(2,3)4;/h5-19H2,1-4H3;1H. The first kappa shape index (κ1) is 26.4. The molecule has 0 heterocycles. The largest absolute Gasteiger partial charge is 1.00 e. The predicted octanol–water partition coefficient (Wildman–Crippen LogP) is 1.90. The van der Waals surface area contributed by atoms with Gasteiger partial charge in [0, 0.05) is 19.4 Å². The molecule has 0 aromatic carbocycles. The van der Waals surface area contributed by atoms with E-state index in [1.165, 1.54) is 64.2 Å². The fourth-order valence-electron chi connectivity index (χ4n) is 2.82. The number of halogens is 1. The van der Waals surface area contributed by atoms with Gasteiger partial charge in [0.25, 0.3) is 0 Å². The van der Waals surface area contributed by atoms with Crippen LogP contribution >= 0.6 is 0 Å². The summed E-state index contributed by atoms with van der Waals surface area (Å²) in [4.78, 5) is 11.7. The molecule has 0 aromatic rings. The molecule has 146 valence electrons. The molecule has 0 fully saturated rings. The molecular formula is C20H43IN2O. The third-order valence-electron chi connectivity index (χ3n) is 4.34. The van der Waals surface area contributed by atoms with Crippen molar-refractivity contribution >= 4 is 5.91 Å². The highest BCUT2D eigenvalue weighted by molar-refractivity contribution is 5.75. The van der Waals surface area contributed by atoms with Crippen molar-refractivity contribution in [3.8, 4) is 0 Å². The third kappa shape index (κ3) is 22.2. The number of amides is 1. The Balaban J connectivity index is 0. The summed E-state index contributed by atoms with van der Waals surface area (Å²) in [7, 11) is 6.56. The lowest BCUT2D eigenvalue weighted by atomic mass is 10.1. The molecule has 0 aliphatic rings. The van der Waals surface area contributed by atoms with Crippen LogP contribution in [-0.2, 0) is 4.79 Å². The van der Waals surface area contributed by atoms with Gasteiger partial charge < -0.3 is 33.8 Å². The van der Waals surface area contributed by atoms with Gasteiger partial charge in [0.2, 0.25) is 5.91 Å². The van der Waals surface area contributed by atoms with Crippen molar-refractivity contribution < 1.29 is 33.3 Å². The molecular weight excluding hydrogens is 411 g/mol. The summed E-state index contributed by atoms with van der Waals surface area (Å²) in [5.41, 5.74) is 0. The van der Waals surface area contributed by atoms with Crippen LogP contribution in [0.5, 0.6) is 0 Å². The second-order valence-electron chi connectivity index (χ2n) is 8.00. The lowest BCUT2D eigenvalue weighted by molar-refractivity contribution is -0.870. The fraction of sp³-hybridized carbons (Fsp3) is 0.950. The molecule has 0 saturated carbocycles. The topological polar surface area (TPSA) is 29.1 Å². The zero-order valence-electron chi connectivity index (χ0n) is 16.8. The monoisotopic (exact) mass is 454 g/mol. The maximum Gasteiger partial charge on any atom is 0.219 e. The first-order valence-corrected chi connectivity index (χ1v) is 10.0. The van der Waals surface area contributed by atoms with Crippen LogP contribution in [0.15, 0.2) is 0 Å². The highest BCUT2D eigenvalue weighted by atomic mass is 127. The quantitative estimate of drug-likeness (QED) is 0.216. The van der Waals surface area contributed by atoms with E-state index in [0.29, 0.717) is 6.42 Å². The molecule has 0 atom stereocenters. The normalized spacial score (nSPS) is 11.2. The number of quaternary nitrogens is 1. The SMILES string of the molecule is CCCCCCCCCCCCCC(=O)NCCC[N+](C)(C)C.[I-]. The molecule has 0 aromatic heterocycles. The van der Waals surface area contributed by atoms with Crippen LogP contribution in [0.4, 0.5) is 0 Å². The van der Waals surface area contributed by atoms with E-state index in [-0.39, 0.29) is 29.9 Å². The molecule has 0 saturated heterocycles. The van der Waals surface area contributed by atoms with Crippen LogP contribution in [0, 0.1) is 0 Å². The number of hydrogen-bond acceptors (Lipinski definition) is 1. The summed E-state index contributed by atoms with van der Waals surface area (Å²) in [6.45, 7) is 4.20. The van der Waals surface area contributed by atoms with E-state index in [9.17, 15) is 4.79 Å². The lowest BCUT2D eigenvalue weighted by Crippen LogP contribution is -3.00. The summed E-state index contributed by atoms with van der Waals surface area (Å²) in [5.74, 6) is 0.238. The second-order valence-corrected chi connectivity index (χ2v) is 8.00. The Morgan fingerprint density at radius 1 is 0.750 bits per heavy atom. The van der Waals surface area contributed by atoms with E-state index < -0.39 is 0 Å². The number of hydrogen-bond donors (Lipinski definition) is 1. The Labute approximate surface area is 168 Å². The zero-order chi connectivity index (χ0) is 17.4. The zero-order valence-corrected chi connectivity index (χ0v) is 19.0. The van der Waals surface area contributed by atoms with E-state index >= 15 is 0 Å². The summed E-state index contributed by atoms with van der Waals surface area (Å²) >= 11 is 0. The van der Waals surface area contributed by atoms with Crippen molar-refractivity contribution in [1.82, 2.24) is 5.32 Å². The molecule has 0 aliphatic heterocycles. The number of unbranched alkanes of at least 4 members (excludes halogenated alkanes) is 10. The maximum atomic E-state index is 11.7. The van der Waals surface area contributed by atoms with Crippen LogP contribution in [0.2, 0.25) is 0 Å². The molecule has 0 radical (unpaired) electrons. The number of carbonyl (C=O) groups is 1. The molecule has 24 heavy (non-hydrogen) atoms. The minimum absolute atomic E-state index is 0. The molecule has 0 rings (SSSR count). The lowest BCUT2D eigenvalue weighted by Gasteiger charge is -2.23. The van der Waals surface area contributed by atoms with Crippen molar-refractivity contribution in [2.45, 2.75) is 90.4 Å². The summed E-state index contributed by atoms with van der Waals surface area (Å²) in [5, 5.41) is 3.04. The number of carbonyl (C=O) groups excluding carboxylic acids is 1. The average Bonchev–Trinajstić information content (AvgIpc) is 2.48. The van der Waals surface area contributed by atoms with Gasteiger partial charge in [0.1, 0.15) is 0 Å². The van der Waals surface area contributed by atoms with E-state index in [1.54, 1.807) is 0 Å². The van der Waals surface area contributed by atoms with Gasteiger partial charge in [-0.2, -0.15) is 0 Å². The Morgan fingerprint density at radius 2 is 1.21 bits per heavy atom. The van der Waals surface area contributed by atoms with E-state index in [4.69, 9.17) is 0 Å². The van der Waals surface area contributed by atoms with Crippen molar-refractivity contribution in [1.29, 1.82) is 0 Å². The van der Waals surface area contributed by atoms with Gasteiger partial charge in [-0.15, -0.1) is 0 Å². The van der Waals surface area contributed by atoms with Gasteiger partial charge in [0.05, 0.1) is 27.7 Å². The first-order chi connectivity index (χ1) is 11.0. The van der Waals surface area contributed by atoms with E-state index in [1.807, 2.05) is 0 Å². The van der Waals surface area contributed by atoms with Gasteiger partial charge in [-0.1, -0.05) is 71.1 Å². The van der Waals surface area contributed by atoms with Crippen molar-refractivity contribution in [3.63, 3.8) is 0 Å². The fourth-order valence-corrected chi connectivity index (χ4v) is 2.82. The van der Waals surface area contributed by atoms with Gasteiger partial charge in [-0.25, -0.2) is 0 Å². The van der Waals surface area contributed by atoms with Crippen molar-refractivity contribution in [2.24, 2.45) is 0 Å². The van der Waals surface area contributed by atoms with Crippen LogP contribution in [0.3, 0.4) is 0 Å². The van der Waals surface area contributed by atoms with Gasteiger partial charge in [-0.05, 0) is 6.42 Å². The Bertz CT molecular complexity index is 277. The molecule has 4 heteroatoms. The average molecular weight is 454 g/mol. The van der Waals surface area contributed by atoms with E-state index in [0.717, 1.165) is 30.4 Å².